The van der Waals surface area contributed by atoms with E-state index in [4.69, 9.17) is 4.74 Å². The van der Waals surface area contributed by atoms with Gasteiger partial charge in [0.15, 0.2) is 0 Å². The van der Waals surface area contributed by atoms with Gasteiger partial charge in [-0.25, -0.2) is 4.39 Å². The number of amides is 1. The van der Waals surface area contributed by atoms with Gasteiger partial charge in [0.2, 0.25) is 0 Å². The zero-order valence-corrected chi connectivity index (χ0v) is 13.0. The Morgan fingerprint density at radius 3 is 2.64 bits per heavy atom. The number of nitrogens with zero attached hydrogens (tertiary/aromatic N) is 1. The monoisotopic (exact) mass is 317 g/mol. The first-order valence-electron chi connectivity index (χ1n) is 7.02. The highest BCUT2D eigenvalue weighted by Gasteiger charge is 2.32. The van der Waals surface area contributed by atoms with Gasteiger partial charge in [0.05, 0.1) is 7.11 Å². The predicted molar refractivity (Wildman–Crippen MR) is 85.6 cm³/mol. The summed E-state index contributed by atoms with van der Waals surface area (Å²) < 4.78 is 19.1. The van der Waals surface area contributed by atoms with Gasteiger partial charge < -0.3 is 9.64 Å². The van der Waals surface area contributed by atoms with E-state index in [0.29, 0.717) is 23.4 Å². The Morgan fingerprint density at radius 1 is 1.23 bits per heavy atom. The maximum absolute atomic E-state index is 14.0. The minimum Gasteiger partial charge on any atom is -0.497 e. The van der Waals surface area contributed by atoms with Crippen molar-refractivity contribution in [3.63, 3.8) is 0 Å². The number of rotatable bonds is 3. The number of hydrogen-bond acceptors (Lipinski definition) is 3. The molecule has 114 valence electrons. The second-order valence-corrected chi connectivity index (χ2v) is 6.16. The Bertz CT molecular complexity index is 675. The molecule has 1 amide bonds. The van der Waals surface area contributed by atoms with Gasteiger partial charge in [0, 0.05) is 23.4 Å². The van der Waals surface area contributed by atoms with Crippen LogP contribution in [0, 0.1) is 5.82 Å². The number of hydrogen-bond donors (Lipinski definition) is 0. The fourth-order valence-corrected chi connectivity index (χ4v) is 3.79. The van der Waals surface area contributed by atoms with E-state index in [2.05, 4.69) is 0 Å². The molecular weight excluding hydrogens is 301 g/mol. The molecule has 0 aliphatic carbocycles. The van der Waals surface area contributed by atoms with Gasteiger partial charge in [0.25, 0.3) is 5.91 Å². The van der Waals surface area contributed by atoms with Gasteiger partial charge in [-0.3, -0.25) is 4.79 Å². The summed E-state index contributed by atoms with van der Waals surface area (Å²) in [5, 5.41) is -0.268. The van der Waals surface area contributed by atoms with Crippen LogP contribution in [0.15, 0.2) is 48.5 Å². The molecule has 2 aromatic rings. The van der Waals surface area contributed by atoms with E-state index < -0.39 is 0 Å². The molecule has 1 fully saturated rings. The van der Waals surface area contributed by atoms with Crippen molar-refractivity contribution in [2.75, 3.05) is 19.4 Å². The summed E-state index contributed by atoms with van der Waals surface area (Å²) in [5.41, 5.74) is 1.15. The zero-order valence-electron chi connectivity index (χ0n) is 12.2. The van der Waals surface area contributed by atoms with E-state index in [1.54, 1.807) is 66.2 Å². The first-order valence-corrected chi connectivity index (χ1v) is 8.06. The number of thioether (sulfide) groups is 1. The Labute approximate surface area is 133 Å². The van der Waals surface area contributed by atoms with Crippen LogP contribution in [0.1, 0.15) is 21.3 Å². The molecule has 0 saturated carbocycles. The molecule has 1 aliphatic rings. The van der Waals surface area contributed by atoms with Crippen molar-refractivity contribution in [2.24, 2.45) is 0 Å². The number of benzene rings is 2. The van der Waals surface area contributed by atoms with E-state index in [0.717, 1.165) is 5.75 Å². The van der Waals surface area contributed by atoms with Gasteiger partial charge in [0.1, 0.15) is 16.9 Å². The fraction of sp³-hybridized carbons (Fsp3) is 0.235. The highest BCUT2D eigenvalue weighted by Crippen LogP contribution is 2.39. The van der Waals surface area contributed by atoms with Gasteiger partial charge >= 0.3 is 0 Å². The summed E-state index contributed by atoms with van der Waals surface area (Å²) in [7, 11) is 1.59. The molecule has 1 heterocycles. The lowest BCUT2D eigenvalue weighted by atomic mass is 10.1. The first-order chi connectivity index (χ1) is 10.7. The maximum atomic E-state index is 14.0. The quantitative estimate of drug-likeness (QED) is 0.864. The summed E-state index contributed by atoms with van der Waals surface area (Å²) in [6.45, 7) is 0.620. The molecule has 5 heteroatoms. The van der Waals surface area contributed by atoms with Crippen LogP contribution in [-0.4, -0.2) is 30.2 Å². The molecule has 22 heavy (non-hydrogen) atoms. The Morgan fingerprint density at radius 2 is 1.95 bits per heavy atom. The largest absolute Gasteiger partial charge is 0.497 e. The van der Waals surface area contributed by atoms with E-state index in [-0.39, 0.29) is 17.1 Å². The molecule has 1 aliphatic heterocycles. The fourth-order valence-electron chi connectivity index (χ4n) is 2.51. The van der Waals surface area contributed by atoms with Crippen LogP contribution in [0.2, 0.25) is 0 Å². The second kappa shape index (κ2) is 6.40. The molecule has 0 radical (unpaired) electrons. The third-order valence-electron chi connectivity index (χ3n) is 3.66. The van der Waals surface area contributed by atoms with Crippen LogP contribution in [0.25, 0.3) is 0 Å². The topological polar surface area (TPSA) is 29.5 Å². The van der Waals surface area contributed by atoms with Crippen LogP contribution in [0.4, 0.5) is 4.39 Å². The van der Waals surface area contributed by atoms with Crippen LogP contribution >= 0.6 is 11.8 Å². The molecule has 3 rings (SSSR count). The molecule has 0 spiro atoms. The van der Waals surface area contributed by atoms with Gasteiger partial charge in [-0.05, 0) is 30.3 Å². The first kappa shape index (κ1) is 14.9. The highest BCUT2D eigenvalue weighted by molar-refractivity contribution is 7.99. The lowest BCUT2D eigenvalue weighted by molar-refractivity contribution is 0.0759. The van der Waals surface area contributed by atoms with Gasteiger partial charge in [-0.2, -0.15) is 0 Å². The minimum absolute atomic E-state index is 0.0825. The normalized spacial score (nSPS) is 17.5. The molecular formula is C17H16FNO2S. The van der Waals surface area contributed by atoms with Crippen molar-refractivity contribution >= 4 is 17.7 Å². The SMILES string of the molecule is COc1ccc(C(=O)N2CCS[C@H]2c2ccccc2F)cc1. The maximum Gasteiger partial charge on any atom is 0.255 e. The van der Waals surface area contributed by atoms with Crippen molar-refractivity contribution < 1.29 is 13.9 Å². The Hall–Kier alpha value is -2.01. The lowest BCUT2D eigenvalue weighted by Crippen LogP contribution is -2.30. The second-order valence-electron chi connectivity index (χ2n) is 4.97. The van der Waals surface area contributed by atoms with Crippen LogP contribution in [0.3, 0.4) is 0 Å². The molecule has 0 aromatic heterocycles. The summed E-state index contributed by atoms with van der Waals surface area (Å²) >= 11 is 1.59. The van der Waals surface area contributed by atoms with Crippen molar-refractivity contribution in [1.82, 2.24) is 4.90 Å². The van der Waals surface area contributed by atoms with E-state index in [1.165, 1.54) is 6.07 Å². The third kappa shape index (κ3) is 2.81. The van der Waals surface area contributed by atoms with Crippen LogP contribution in [0.5, 0.6) is 5.75 Å². The molecule has 1 atom stereocenters. The lowest BCUT2D eigenvalue weighted by Gasteiger charge is -2.24. The molecule has 0 N–H and O–H groups in total. The zero-order chi connectivity index (χ0) is 15.5. The Balaban J connectivity index is 1.86. The third-order valence-corrected chi connectivity index (χ3v) is 4.90. The molecule has 1 saturated heterocycles. The van der Waals surface area contributed by atoms with Crippen molar-refractivity contribution in [3.8, 4) is 5.75 Å². The molecule has 2 aromatic carbocycles. The number of halogens is 1. The summed E-state index contributed by atoms with van der Waals surface area (Å²) in [6.07, 6.45) is 0. The van der Waals surface area contributed by atoms with Gasteiger partial charge in [-0.1, -0.05) is 18.2 Å². The smallest absolute Gasteiger partial charge is 0.255 e. The summed E-state index contributed by atoms with van der Waals surface area (Å²) in [5.74, 6) is 1.16. The highest BCUT2D eigenvalue weighted by atomic mass is 32.2. The molecule has 0 bridgehead atoms. The Kier molecular flexibility index (Phi) is 4.34. The van der Waals surface area contributed by atoms with E-state index in [9.17, 15) is 9.18 Å². The number of carbonyl (C=O) groups is 1. The number of ether oxygens (including phenoxy) is 1. The van der Waals surface area contributed by atoms with Crippen LogP contribution < -0.4 is 4.74 Å². The predicted octanol–water partition coefficient (Wildman–Crippen LogP) is 3.72. The van der Waals surface area contributed by atoms with E-state index in [1.807, 2.05) is 0 Å². The summed E-state index contributed by atoms with van der Waals surface area (Å²) in [4.78, 5) is 14.4. The van der Waals surface area contributed by atoms with Crippen molar-refractivity contribution in [1.29, 1.82) is 0 Å². The number of carbonyl (C=O) groups excluding carboxylic acids is 1. The van der Waals surface area contributed by atoms with E-state index >= 15 is 0 Å². The van der Waals surface area contributed by atoms with Gasteiger partial charge in [-0.15, -0.1) is 11.8 Å². The minimum atomic E-state index is -0.269. The standard InChI is InChI=1S/C17H16FNO2S/c1-21-13-8-6-12(7-9-13)16(20)19-10-11-22-17(19)14-4-2-3-5-15(14)18/h2-9,17H,10-11H2,1H3/t17-/m0/s1. The van der Waals surface area contributed by atoms with Crippen molar-refractivity contribution in [3.05, 3.63) is 65.5 Å². The number of methoxy groups -OCH3 is 1. The average molecular weight is 317 g/mol. The molecule has 3 nitrogen and oxygen atoms in total. The molecule has 0 unspecified atom stereocenters. The van der Waals surface area contributed by atoms with Crippen LogP contribution in [-0.2, 0) is 0 Å². The average Bonchev–Trinajstić information content (AvgIpc) is 3.04. The van der Waals surface area contributed by atoms with Crippen molar-refractivity contribution in [2.45, 2.75) is 5.37 Å². The summed E-state index contributed by atoms with van der Waals surface area (Å²) in [6, 6.07) is 13.6.